The van der Waals surface area contributed by atoms with Gasteiger partial charge < -0.3 is 11.5 Å². The molecule has 0 aromatic rings. The van der Waals surface area contributed by atoms with Gasteiger partial charge in [-0.05, 0) is 26.9 Å². The summed E-state index contributed by atoms with van der Waals surface area (Å²) in [6.07, 6.45) is 0.806. The third-order valence-electron chi connectivity index (χ3n) is 1.64. The number of carbonyl (C=O) groups excluding carboxylic acids is 2. The number of hydrogen-bond donors (Lipinski definition) is 3. The quantitative estimate of drug-likeness (QED) is 0.524. The average Bonchev–Trinajstić information content (AvgIpc) is 1.98. The smallest absolute Gasteiger partial charge is 0.318 e. The molecule has 0 aliphatic heterocycles. The van der Waals surface area contributed by atoms with Crippen molar-refractivity contribution in [2.75, 3.05) is 20.1 Å². The van der Waals surface area contributed by atoms with E-state index in [1.54, 1.807) is 11.9 Å². The SMILES string of the molecule is CC(N)CCN(C)CC(=O)NC(N)=O. The molecule has 0 rings (SSSR count). The van der Waals surface area contributed by atoms with Crippen LogP contribution in [0.25, 0.3) is 0 Å². The third-order valence-corrected chi connectivity index (χ3v) is 1.64. The fourth-order valence-corrected chi connectivity index (χ4v) is 0.925. The Morgan fingerprint density at radius 1 is 1.50 bits per heavy atom. The number of likely N-dealkylation sites (N-methyl/N-ethyl adjacent to an activating group) is 1. The molecule has 0 aromatic heterocycles. The molecule has 0 saturated heterocycles. The van der Waals surface area contributed by atoms with Gasteiger partial charge in [0, 0.05) is 6.04 Å². The van der Waals surface area contributed by atoms with Crippen molar-refractivity contribution in [3.05, 3.63) is 0 Å². The molecule has 82 valence electrons. The van der Waals surface area contributed by atoms with Crippen molar-refractivity contribution in [2.45, 2.75) is 19.4 Å². The van der Waals surface area contributed by atoms with E-state index in [4.69, 9.17) is 11.5 Å². The third kappa shape index (κ3) is 7.51. The molecule has 0 aliphatic rings. The van der Waals surface area contributed by atoms with Gasteiger partial charge in [-0.3, -0.25) is 15.0 Å². The van der Waals surface area contributed by atoms with Crippen molar-refractivity contribution in [2.24, 2.45) is 11.5 Å². The standard InChI is InChI=1S/C8H18N4O2/c1-6(9)3-4-12(2)5-7(13)11-8(10)14/h6H,3-5,9H2,1-2H3,(H3,10,11,13,14). The van der Waals surface area contributed by atoms with E-state index in [1.807, 2.05) is 12.2 Å². The van der Waals surface area contributed by atoms with Gasteiger partial charge in [0.2, 0.25) is 5.91 Å². The predicted octanol–water partition coefficient (Wildman–Crippen LogP) is -1.15. The largest absolute Gasteiger partial charge is 0.351 e. The van der Waals surface area contributed by atoms with Crippen LogP contribution in [0.15, 0.2) is 0 Å². The summed E-state index contributed by atoms with van der Waals surface area (Å²) < 4.78 is 0. The Labute approximate surface area is 83.6 Å². The van der Waals surface area contributed by atoms with Crippen LogP contribution in [0.3, 0.4) is 0 Å². The zero-order chi connectivity index (χ0) is 11.1. The zero-order valence-corrected chi connectivity index (χ0v) is 8.62. The average molecular weight is 202 g/mol. The molecule has 0 aromatic carbocycles. The molecule has 5 N–H and O–H groups in total. The van der Waals surface area contributed by atoms with Gasteiger partial charge in [0.05, 0.1) is 6.54 Å². The van der Waals surface area contributed by atoms with Crippen molar-refractivity contribution in [1.82, 2.24) is 10.2 Å². The van der Waals surface area contributed by atoms with Gasteiger partial charge in [-0.15, -0.1) is 0 Å². The molecule has 0 aliphatic carbocycles. The van der Waals surface area contributed by atoms with E-state index < -0.39 is 11.9 Å². The van der Waals surface area contributed by atoms with Crippen LogP contribution in [0, 0.1) is 0 Å². The van der Waals surface area contributed by atoms with Crippen LogP contribution in [0.4, 0.5) is 4.79 Å². The summed E-state index contributed by atoms with van der Waals surface area (Å²) in [5, 5.41) is 1.99. The van der Waals surface area contributed by atoms with Gasteiger partial charge in [0.15, 0.2) is 0 Å². The molecule has 1 unspecified atom stereocenters. The van der Waals surface area contributed by atoms with Crippen LogP contribution >= 0.6 is 0 Å². The highest BCUT2D eigenvalue weighted by molar-refractivity contribution is 5.94. The maximum atomic E-state index is 11.0. The molecule has 6 heteroatoms. The molecule has 0 heterocycles. The van der Waals surface area contributed by atoms with E-state index in [1.165, 1.54) is 0 Å². The topological polar surface area (TPSA) is 101 Å². The van der Waals surface area contributed by atoms with Crippen LogP contribution in [-0.4, -0.2) is 43.0 Å². The molecule has 1 atom stereocenters. The van der Waals surface area contributed by atoms with Gasteiger partial charge in [-0.25, -0.2) is 4.79 Å². The number of nitrogens with zero attached hydrogens (tertiary/aromatic N) is 1. The van der Waals surface area contributed by atoms with Crippen molar-refractivity contribution >= 4 is 11.9 Å². The molecular formula is C8H18N4O2. The van der Waals surface area contributed by atoms with E-state index in [0.29, 0.717) is 6.54 Å². The number of amides is 3. The van der Waals surface area contributed by atoms with Crippen molar-refractivity contribution in [3.8, 4) is 0 Å². The first kappa shape index (κ1) is 12.9. The first-order valence-corrected chi connectivity index (χ1v) is 4.45. The van der Waals surface area contributed by atoms with E-state index in [9.17, 15) is 9.59 Å². The molecule has 3 amide bonds. The van der Waals surface area contributed by atoms with Crippen molar-refractivity contribution in [3.63, 3.8) is 0 Å². The summed E-state index contributed by atoms with van der Waals surface area (Å²) in [6.45, 7) is 2.76. The molecule has 6 nitrogen and oxygen atoms in total. The highest BCUT2D eigenvalue weighted by Gasteiger charge is 2.08. The predicted molar refractivity (Wildman–Crippen MR) is 53.5 cm³/mol. The van der Waals surface area contributed by atoms with Gasteiger partial charge in [-0.1, -0.05) is 0 Å². The lowest BCUT2D eigenvalue weighted by Gasteiger charge is -2.16. The zero-order valence-electron chi connectivity index (χ0n) is 8.62. The fourth-order valence-electron chi connectivity index (χ4n) is 0.925. The Morgan fingerprint density at radius 3 is 2.50 bits per heavy atom. The van der Waals surface area contributed by atoms with Crippen molar-refractivity contribution < 1.29 is 9.59 Å². The Bertz CT molecular complexity index is 206. The number of rotatable bonds is 5. The number of nitrogens with two attached hydrogens (primary N) is 2. The molecule has 0 radical (unpaired) electrons. The molecule has 0 bridgehead atoms. The second-order valence-electron chi connectivity index (χ2n) is 3.42. The normalized spacial score (nSPS) is 12.6. The summed E-state index contributed by atoms with van der Waals surface area (Å²) in [4.78, 5) is 23.1. The minimum absolute atomic E-state index is 0.108. The van der Waals surface area contributed by atoms with E-state index in [-0.39, 0.29) is 12.6 Å². The highest BCUT2D eigenvalue weighted by atomic mass is 16.2. The maximum Gasteiger partial charge on any atom is 0.318 e. The summed E-state index contributed by atoms with van der Waals surface area (Å²) in [6, 6.07) is -0.716. The van der Waals surface area contributed by atoms with Crippen LogP contribution in [0.1, 0.15) is 13.3 Å². The molecular weight excluding hydrogens is 184 g/mol. The minimum atomic E-state index is -0.824. The number of hydrogen-bond acceptors (Lipinski definition) is 4. The molecule has 0 fully saturated rings. The monoisotopic (exact) mass is 202 g/mol. The Morgan fingerprint density at radius 2 is 2.07 bits per heavy atom. The Kier molecular flexibility index (Phi) is 5.82. The summed E-state index contributed by atoms with van der Waals surface area (Å²) in [7, 11) is 1.78. The summed E-state index contributed by atoms with van der Waals surface area (Å²) in [5.74, 6) is -0.398. The van der Waals surface area contributed by atoms with Crippen LogP contribution in [0.5, 0.6) is 0 Å². The number of urea groups is 1. The number of carbonyl (C=O) groups is 2. The van der Waals surface area contributed by atoms with Crippen molar-refractivity contribution in [1.29, 1.82) is 0 Å². The lowest BCUT2D eigenvalue weighted by molar-refractivity contribution is -0.120. The van der Waals surface area contributed by atoms with Crippen LogP contribution in [0.2, 0.25) is 0 Å². The van der Waals surface area contributed by atoms with E-state index in [2.05, 4.69) is 0 Å². The van der Waals surface area contributed by atoms with Gasteiger partial charge >= 0.3 is 6.03 Å². The van der Waals surface area contributed by atoms with Crippen LogP contribution < -0.4 is 16.8 Å². The second-order valence-corrected chi connectivity index (χ2v) is 3.42. The number of primary amides is 1. The fraction of sp³-hybridized carbons (Fsp3) is 0.750. The summed E-state index contributed by atoms with van der Waals surface area (Å²) >= 11 is 0. The molecule has 0 spiro atoms. The highest BCUT2D eigenvalue weighted by Crippen LogP contribution is 1.90. The number of imide groups is 1. The van der Waals surface area contributed by atoms with Crippen LogP contribution in [-0.2, 0) is 4.79 Å². The Hall–Kier alpha value is -1.14. The van der Waals surface area contributed by atoms with E-state index in [0.717, 1.165) is 6.42 Å². The first-order valence-electron chi connectivity index (χ1n) is 4.45. The lowest BCUT2D eigenvalue weighted by atomic mass is 10.2. The van der Waals surface area contributed by atoms with E-state index >= 15 is 0 Å². The maximum absolute atomic E-state index is 11.0. The molecule has 14 heavy (non-hydrogen) atoms. The Balaban J connectivity index is 3.65. The second kappa shape index (κ2) is 6.33. The van der Waals surface area contributed by atoms with Gasteiger partial charge in [0.25, 0.3) is 0 Å². The first-order chi connectivity index (χ1) is 6.41. The minimum Gasteiger partial charge on any atom is -0.351 e. The van der Waals surface area contributed by atoms with Gasteiger partial charge in [-0.2, -0.15) is 0 Å². The van der Waals surface area contributed by atoms with Gasteiger partial charge in [0.1, 0.15) is 0 Å². The lowest BCUT2D eigenvalue weighted by Crippen LogP contribution is -2.41. The number of nitrogens with one attached hydrogen (secondary N) is 1. The molecule has 0 saturated carbocycles. The summed E-state index contributed by atoms with van der Waals surface area (Å²) in [5.41, 5.74) is 10.3.